The van der Waals surface area contributed by atoms with Gasteiger partial charge in [-0.2, -0.15) is 0 Å². The standard InChI is InChI=1S/C23H23ClN2O5S/c1-4-14(2)31-17-8-5-15(6-9-17)11-20-22(28)26(23(29)32-20)13-21(27)25-16-7-10-19(30-3)18(24)12-16/h5-12,14H,4,13H2,1-3H3,(H,25,27)/b20-11-/t14-/m0/s1. The monoisotopic (exact) mass is 474 g/mol. The average molecular weight is 475 g/mol. The van der Waals surface area contributed by atoms with E-state index in [1.54, 1.807) is 18.2 Å². The maximum Gasteiger partial charge on any atom is 0.294 e. The summed E-state index contributed by atoms with van der Waals surface area (Å²) in [6.07, 6.45) is 2.63. The second-order valence-corrected chi connectivity index (χ2v) is 8.47. The number of amides is 3. The molecule has 0 unspecified atom stereocenters. The smallest absolute Gasteiger partial charge is 0.294 e. The van der Waals surface area contributed by atoms with Gasteiger partial charge in [-0.3, -0.25) is 19.3 Å². The molecule has 3 amide bonds. The van der Waals surface area contributed by atoms with Crippen LogP contribution in [0, 0.1) is 0 Å². The number of carbonyl (C=O) groups excluding carboxylic acids is 3. The number of imide groups is 1. The molecule has 3 rings (SSSR count). The van der Waals surface area contributed by atoms with Gasteiger partial charge in [0.25, 0.3) is 11.1 Å². The van der Waals surface area contributed by atoms with Gasteiger partial charge in [-0.05, 0) is 67.1 Å². The number of benzene rings is 2. The van der Waals surface area contributed by atoms with E-state index >= 15 is 0 Å². The number of ether oxygens (including phenoxy) is 2. The topological polar surface area (TPSA) is 84.9 Å². The minimum absolute atomic E-state index is 0.109. The van der Waals surface area contributed by atoms with E-state index in [9.17, 15) is 14.4 Å². The molecule has 1 aliphatic rings. The van der Waals surface area contributed by atoms with Crippen molar-refractivity contribution in [2.24, 2.45) is 0 Å². The van der Waals surface area contributed by atoms with E-state index in [1.807, 2.05) is 38.1 Å². The highest BCUT2D eigenvalue weighted by molar-refractivity contribution is 8.18. The van der Waals surface area contributed by atoms with Crippen LogP contribution in [0.1, 0.15) is 25.8 Å². The first-order valence-electron chi connectivity index (χ1n) is 9.96. The first-order chi connectivity index (χ1) is 15.3. The Morgan fingerprint density at radius 3 is 2.56 bits per heavy atom. The van der Waals surface area contributed by atoms with Crippen molar-refractivity contribution in [3.05, 3.63) is 58.0 Å². The van der Waals surface area contributed by atoms with E-state index in [1.165, 1.54) is 13.2 Å². The van der Waals surface area contributed by atoms with Crippen molar-refractivity contribution in [1.29, 1.82) is 0 Å². The van der Waals surface area contributed by atoms with Crippen LogP contribution in [0.5, 0.6) is 11.5 Å². The molecule has 0 spiro atoms. The molecule has 0 aromatic heterocycles. The Labute approximate surface area is 195 Å². The summed E-state index contributed by atoms with van der Waals surface area (Å²) in [6.45, 7) is 3.64. The van der Waals surface area contributed by atoms with E-state index in [0.29, 0.717) is 16.5 Å². The third-order valence-corrected chi connectivity index (χ3v) is 5.90. The quantitative estimate of drug-likeness (QED) is 0.529. The van der Waals surface area contributed by atoms with Gasteiger partial charge in [-0.25, -0.2) is 0 Å². The highest BCUT2D eigenvalue weighted by Crippen LogP contribution is 2.32. The summed E-state index contributed by atoms with van der Waals surface area (Å²) in [4.78, 5) is 38.5. The number of thioether (sulfide) groups is 1. The molecule has 32 heavy (non-hydrogen) atoms. The molecule has 1 heterocycles. The molecule has 0 aliphatic carbocycles. The van der Waals surface area contributed by atoms with Gasteiger partial charge < -0.3 is 14.8 Å². The Balaban J connectivity index is 1.64. The number of nitrogens with one attached hydrogen (secondary N) is 1. The number of hydrogen-bond donors (Lipinski definition) is 1. The lowest BCUT2D eigenvalue weighted by Gasteiger charge is -2.13. The normalized spacial score (nSPS) is 15.8. The van der Waals surface area contributed by atoms with Crippen molar-refractivity contribution >= 4 is 52.2 Å². The predicted octanol–water partition coefficient (Wildman–Crippen LogP) is 5.20. The van der Waals surface area contributed by atoms with E-state index in [-0.39, 0.29) is 11.0 Å². The highest BCUT2D eigenvalue weighted by atomic mass is 35.5. The maximum absolute atomic E-state index is 12.7. The molecule has 7 nitrogen and oxygen atoms in total. The van der Waals surface area contributed by atoms with Crippen LogP contribution in [0.3, 0.4) is 0 Å². The fourth-order valence-electron chi connectivity index (χ4n) is 2.83. The zero-order valence-corrected chi connectivity index (χ0v) is 19.5. The van der Waals surface area contributed by atoms with Crippen LogP contribution in [-0.2, 0) is 9.59 Å². The minimum atomic E-state index is -0.513. The Morgan fingerprint density at radius 2 is 1.94 bits per heavy atom. The molecule has 1 N–H and O–H groups in total. The van der Waals surface area contributed by atoms with Gasteiger partial charge in [0, 0.05) is 5.69 Å². The number of methoxy groups -OCH3 is 1. The van der Waals surface area contributed by atoms with Crippen molar-refractivity contribution in [2.75, 3.05) is 19.0 Å². The molecule has 2 aromatic carbocycles. The Morgan fingerprint density at radius 1 is 1.22 bits per heavy atom. The third kappa shape index (κ3) is 5.83. The Kier molecular flexibility index (Phi) is 7.82. The first-order valence-corrected chi connectivity index (χ1v) is 11.2. The fourth-order valence-corrected chi connectivity index (χ4v) is 3.93. The number of rotatable bonds is 8. The molecule has 1 aliphatic heterocycles. The lowest BCUT2D eigenvalue weighted by Crippen LogP contribution is -2.36. The number of hydrogen-bond acceptors (Lipinski definition) is 6. The highest BCUT2D eigenvalue weighted by Gasteiger charge is 2.36. The molecule has 0 saturated carbocycles. The van der Waals surface area contributed by atoms with Crippen LogP contribution in [0.25, 0.3) is 6.08 Å². The van der Waals surface area contributed by atoms with Crippen molar-refractivity contribution in [1.82, 2.24) is 4.90 Å². The molecule has 1 saturated heterocycles. The van der Waals surface area contributed by atoms with Crippen LogP contribution in [-0.4, -0.2) is 41.7 Å². The molecular formula is C23H23ClN2O5S. The van der Waals surface area contributed by atoms with Crippen LogP contribution in [0.15, 0.2) is 47.4 Å². The van der Waals surface area contributed by atoms with E-state index in [2.05, 4.69) is 5.32 Å². The fraction of sp³-hybridized carbons (Fsp3) is 0.261. The summed E-state index contributed by atoms with van der Waals surface area (Å²) in [6, 6.07) is 12.0. The van der Waals surface area contributed by atoms with Gasteiger partial charge in [0.2, 0.25) is 5.91 Å². The summed E-state index contributed by atoms with van der Waals surface area (Å²) < 4.78 is 10.8. The van der Waals surface area contributed by atoms with Crippen molar-refractivity contribution in [3.63, 3.8) is 0 Å². The molecule has 168 valence electrons. The summed E-state index contributed by atoms with van der Waals surface area (Å²) in [7, 11) is 1.49. The third-order valence-electron chi connectivity index (χ3n) is 4.70. The van der Waals surface area contributed by atoms with E-state index in [0.717, 1.165) is 34.4 Å². The van der Waals surface area contributed by atoms with Gasteiger partial charge >= 0.3 is 0 Å². The van der Waals surface area contributed by atoms with Gasteiger partial charge in [-0.15, -0.1) is 0 Å². The lowest BCUT2D eigenvalue weighted by atomic mass is 10.2. The lowest BCUT2D eigenvalue weighted by molar-refractivity contribution is -0.127. The molecule has 0 bridgehead atoms. The summed E-state index contributed by atoms with van der Waals surface area (Å²) in [5, 5.41) is 2.46. The summed E-state index contributed by atoms with van der Waals surface area (Å²) in [5.74, 6) is 0.185. The Hall–Kier alpha value is -2.97. The molecule has 2 aromatic rings. The summed E-state index contributed by atoms with van der Waals surface area (Å²) >= 11 is 6.85. The number of halogens is 1. The zero-order chi connectivity index (χ0) is 23.3. The largest absolute Gasteiger partial charge is 0.495 e. The molecule has 1 atom stereocenters. The average Bonchev–Trinajstić information content (AvgIpc) is 3.02. The van der Waals surface area contributed by atoms with Crippen LogP contribution in [0.2, 0.25) is 5.02 Å². The minimum Gasteiger partial charge on any atom is -0.495 e. The molecular weight excluding hydrogens is 452 g/mol. The molecule has 9 heteroatoms. The van der Waals surface area contributed by atoms with Gasteiger partial charge in [0.05, 0.1) is 23.1 Å². The second kappa shape index (κ2) is 10.6. The molecule has 1 fully saturated rings. The van der Waals surface area contributed by atoms with Gasteiger partial charge in [0.1, 0.15) is 18.0 Å². The molecule has 0 radical (unpaired) electrons. The van der Waals surface area contributed by atoms with Gasteiger partial charge in [-0.1, -0.05) is 30.7 Å². The SMILES string of the molecule is CC[C@H](C)Oc1ccc(/C=C2\SC(=O)N(CC(=O)Nc3ccc(OC)c(Cl)c3)C2=O)cc1. The zero-order valence-electron chi connectivity index (χ0n) is 17.9. The van der Waals surface area contributed by atoms with Crippen molar-refractivity contribution < 1.29 is 23.9 Å². The first kappa shape index (κ1) is 23.7. The predicted molar refractivity (Wildman–Crippen MR) is 126 cm³/mol. The second-order valence-electron chi connectivity index (χ2n) is 7.07. The van der Waals surface area contributed by atoms with Gasteiger partial charge in [0.15, 0.2) is 0 Å². The number of carbonyl (C=O) groups is 3. The Bertz CT molecular complexity index is 1050. The van der Waals surface area contributed by atoms with Crippen molar-refractivity contribution in [3.8, 4) is 11.5 Å². The van der Waals surface area contributed by atoms with Crippen LogP contribution in [0.4, 0.5) is 10.5 Å². The van der Waals surface area contributed by atoms with E-state index < -0.39 is 23.6 Å². The number of anilines is 1. The van der Waals surface area contributed by atoms with Crippen LogP contribution >= 0.6 is 23.4 Å². The summed E-state index contributed by atoms with van der Waals surface area (Å²) in [5.41, 5.74) is 1.19. The maximum atomic E-state index is 12.7. The van der Waals surface area contributed by atoms with Crippen LogP contribution < -0.4 is 14.8 Å². The van der Waals surface area contributed by atoms with E-state index in [4.69, 9.17) is 21.1 Å². The van der Waals surface area contributed by atoms with Crippen molar-refractivity contribution in [2.45, 2.75) is 26.4 Å². The number of nitrogens with zero attached hydrogens (tertiary/aromatic N) is 1.